The molecule has 2 aromatic heterocycles. The second-order valence-electron chi connectivity index (χ2n) is 8.34. The Kier molecular flexibility index (Phi) is 5.50. The van der Waals surface area contributed by atoms with Crippen molar-refractivity contribution in [2.45, 2.75) is 0 Å². The third kappa shape index (κ3) is 4.53. The zero-order valence-corrected chi connectivity index (χ0v) is 19.0. The molecule has 0 unspecified atom stereocenters. The predicted octanol–water partition coefficient (Wildman–Crippen LogP) is 9.28. The highest BCUT2D eigenvalue weighted by Crippen LogP contribution is 2.31. The standard InChI is InChI=1S/C32H23NO2/c1-3-7-23(8-4-1)29-19-21-31(34-29)25-11-15-27(16-12-25)33-28-17-13-26(14-18-28)32-22-20-30(35-32)24-9-5-2-6-10-24/h1-22,33H. The van der Waals surface area contributed by atoms with Crippen molar-refractivity contribution < 1.29 is 8.83 Å². The monoisotopic (exact) mass is 453 g/mol. The van der Waals surface area contributed by atoms with E-state index in [0.29, 0.717) is 0 Å². The Bertz CT molecular complexity index is 1410. The molecule has 0 aliphatic heterocycles. The van der Waals surface area contributed by atoms with Gasteiger partial charge in [-0.15, -0.1) is 0 Å². The third-order valence-corrected chi connectivity index (χ3v) is 5.96. The van der Waals surface area contributed by atoms with Gasteiger partial charge in [-0.3, -0.25) is 0 Å². The normalized spacial score (nSPS) is 10.9. The van der Waals surface area contributed by atoms with Crippen LogP contribution in [0.3, 0.4) is 0 Å². The van der Waals surface area contributed by atoms with E-state index < -0.39 is 0 Å². The fraction of sp³-hybridized carbons (Fsp3) is 0. The van der Waals surface area contributed by atoms with E-state index in [2.05, 4.69) is 78.1 Å². The molecule has 0 fully saturated rings. The third-order valence-electron chi connectivity index (χ3n) is 5.96. The molecule has 0 saturated carbocycles. The van der Waals surface area contributed by atoms with Gasteiger partial charge in [-0.25, -0.2) is 0 Å². The lowest BCUT2D eigenvalue weighted by atomic mass is 10.1. The maximum atomic E-state index is 6.07. The van der Waals surface area contributed by atoms with Gasteiger partial charge in [0, 0.05) is 33.6 Å². The molecule has 6 aromatic rings. The summed E-state index contributed by atoms with van der Waals surface area (Å²) in [5.41, 5.74) is 6.26. The van der Waals surface area contributed by atoms with E-state index in [1.807, 2.05) is 60.7 Å². The molecule has 1 N–H and O–H groups in total. The largest absolute Gasteiger partial charge is 0.456 e. The first-order valence-corrected chi connectivity index (χ1v) is 11.6. The van der Waals surface area contributed by atoms with Crippen LogP contribution in [-0.4, -0.2) is 0 Å². The summed E-state index contributed by atoms with van der Waals surface area (Å²) in [6.07, 6.45) is 0. The molecule has 3 nitrogen and oxygen atoms in total. The molecule has 0 atom stereocenters. The van der Waals surface area contributed by atoms with Crippen LogP contribution in [0.4, 0.5) is 11.4 Å². The van der Waals surface area contributed by atoms with E-state index in [9.17, 15) is 0 Å². The highest BCUT2D eigenvalue weighted by molar-refractivity contribution is 5.70. The van der Waals surface area contributed by atoms with E-state index >= 15 is 0 Å². The van der Waals surface area contributed by atoms with Gasteiger partial charge >= 0.3 is 0 Å². The Morgan fingerprint density at radius 1 is 0.314 bits per heavy atom. The Morgan fingerprint density at radius 3 is 0.971 bits per heavy atom. The highest BCUT2D eigenvalue weighted by Gasteiger charge is 2.08. The van der Waals surface area contributed by atoms with Crippen LogP contribution in [0.1, 0.15) is 0 Å². The molecule has 6 rings (SSSR count). The Hall–Kier alpha value is -4.76. The van der Waals surface area contributed by atoms with E-state index in [1.165, 1.54) is 0 Å². The first-order valence-electron chi connectivity index (χ1n) is 11.6. The molecule has 0 aliphatic carbocycles. The van der Waals surface area contributed by atoms with E-state index in [1.54, 1.807) is 0 Å². The number of rotatable bonds is 6. The number of nitrogens with one attached hydrogen (secondary N) is 1. The number of hydrogen-bond acceptors (Lipinski definition) is 3. The molecule has 0 aliphatic rings. The smallest absolute Gasteiger partial charge is 0.134 e. The Morgan fingerprint density at radius 2 is 0.629 bits per heavy atom. The molecule has 168 valence electrons. The van der Waals surface area contributed by atoms with Crippen molar-refractivity contribution in [2.24, 2.45) is 0 Å². The van der Waals surface area contributed by atoms with Gasteiger partial charge in [-0.05, 0) is 72.8 Å². The molecular formula is C32H23NO2. The van der Waals surface area contributed by atoms with Crippen molar-refractivity contribution in [1.82, 2.24) is 0 Å². The molecule has 0 saturated heterocycles. The van der Waals surface area contributed by atoms with Gasteiger partial charge in [-0.2, -0.15) is 0 Å². The van der Waals surface area contributed by atoms with Crippen LogP contribution >= 0.6 is 0 Å². The second kappa shape index (κ2) is 9.24. The summed E-state index contributed by atoms with van der Waals surface area (Å²) < 4.78 is 12.1. The van der Waals surface area contributed by atoms with Crippen molar-refractivity contribution in [3.8, 4) is 45.3 Å². The van der Waals surface area contributed by atoms with Crippen LogP contribution in [0, 0.1) is 0 Å². The summed E-state index contributed by atoms with van der Waals surface area (Å²) in [6, 6.07) is 44.9. The van der Waals surface area contributed by atoms with Gasteiger partial charge in [-0.1, -0.05) is 60.7 Å². The van der Waals surface area contributed by atoms with Crippen LogP contribution in [0.25, 0.3) is 45.3 Å². The summed E-state index contributed by atoms with van der Waals surface area (Å²) in [6.45, 7) is 0. The molecular weight excluding hydrogens is 430 g/mol. The van der Waals surface area contributed by atoms with E-state index in [0.717, 1.165) is 56.7 Å². The van der Waals surface area contributed by atoms with Crippen molar-refractivity contribution in [3.05, 3.63) is 133 Å². The zero-order valence-electron chi connectivity index (χ0n) is 19.0. The van der Waals surface area contributed by atoms with Crippen LogP contribution < -0.4 is 5.32 Å². The highest BCUT2D eigenvalue weighted by atomic mass is 16.3. The minimum Gasteiger partial charge on any atom is -0.456 e. The second-order valence-corrected chi connectivity index (χ2v) is 8.34. The molecule has 0 spiro atoms. The molecule has 2 heterocycles. The lowest BCUT2D eigenvalue weighted by Gasteiger charge is -2.08. The van der Waals surface area contributed by atoms with Crippen molar-refractivity contribution in [1.29, 1.82) is 0 Å². The molecule has 3 heteroatoms. The summed E-state index contributed by atoms with van der Waals surface area (Å²) in [5, 5.41) is 3.46. The Balaban J connectivity index is 1.14. The number of hydrogen-bond donors (Lipinski definition) is 1. The molecule has 0 amide bonds. The molecule has 0 bridgehead atoms. The van der Waals surface area contributed by atoms with Gasteiger partial charge in [0.15, 0.2) is 0 Å². The van der Waals surface area contributed by atoms with Crippen LogP contribution in [0.15, 0.2) is 142 Å². The minimum atomic E-state index is 0.855. The lowest BCUT2D eigenvalue weighted by molar-refractivity contribution is 0.597. The number of furan rings is 2. The average molecular weight is 454 g/mol. The number of anilines is 2. The zero-order chi connectivity index (χ0) is 23.5. The molecule has 0 radical (unpaired) electrons. The van der Waals surface area contributed by atoms with Gasteiger partial charge in [0.1, 0.15) is 23.0 Å². The summed E-state index contributed by atoms with van der Waals surface area (Å²) in [7, 11) is 0. The quantitative estimate of drug-likeness (QED) is 0.273. The first kappa shape index (κ1) is 20.8. The summed E-state index contributed by atoms with van der Waals surface area (Å²) >= 11 is 0. The van der Waals surface area contributed by atoms with E-state index in [-0.39, 0.29) is 0 Å². The van der Waals surface area contributed by atoms with Gasteiger partial charge in [0.2, 0.25) is 0 Å². The van der Waals surface area contributed by atoms with Crippen molar-refractivity contribution >= 4 is 11.4 Å². The lowest BCUT2D eigenvalue weighted by Crippen LogP contribution is -1.90. The Labute approximate surface area is 204 Å². The summed E-state index contributed by atoms with van der Waals surface area (Å²) in [4.78, 5) is 0. The SMILES string of the molecule is c1ccc(-c2ccc(-c3ccc(Nc4ccc(-c5ccc(-c6ccccc6)o5)cc4)cc3)o2)cc1. The molecule has 4 aromatic carbocycles. The van der Waals surface area contributed by atoms with Crippen LogP contribution in [-0.2, 0) is 0 Å². The molecule has 35 heavy (non-hydrogen) atoms. The minimum absolute atomic E-state index is 0.855. The maximum Gasteiger partial charge on any atom is 0.134 e. The van der Waals surface area contributed by atoms with E-state index in [4.69, 9.17) is 8.83 Å². The van der Waals surface area contributed by atoms with Gasteiger partial charge in [0.05, 0.1) is 0 Å². The fourth-order valence-electron chi connectivity index (χ4n) is 4.10. The maximum absolute atomic E-state index is 6.07. The van der Waals surface area contributed by atoms with Gasteiger partial charge in [0.25, 0.3) is 0 Å². The number of benzene rings is 4. The summed E-state index contributed by atoms with van der Waals surface area (Å²) in [5.74, 6) is 3.45. The fourth-order valence-corrected chi connectivity index (χ4v) is 4.10. The predicted molar refractivity (Wildman–Crippen MR) is 142 cm³/mol. The van der Waals surface area contributed by atoms with Crippen LogP contribution in [0.2, 0.25) is 0 Å². The van der Waals surface area contributed by atoms with Crippen molar-refractivity contribution in [2.75, 3.05) is 5.32 Å². The average Bonchev–Trinajstić information content (AvgIpc) is 3.62. The van der Waals surface area contributed by atoms with Crippen molar-refractivity contribution in [3.63, 3.8) is 0 Å². The van der Waals surface area contributed by atoms with Gasteiger partial charge < -0.3 is 14.2 Å². The van der Waals surface area contributed by atoms with Crippen LogP contribution in [0.5, 0.6) is 0 Å². The first-order chi connectivity index (χ1) is 17.3. The topological polar surface area (TPSA) is 38.3 Å².